The van der Waals surface area contributed by atoms with E-state index >= 15 is 0 Å². The van der Waals surface area contributed by atoms with Crippen LogP contribution in [0.1, 0.15) is 23.6 Å². The van der Waals surface area contributed by atoms with Crippen LogP contribution in [0, 0.1) is 30.9 Å². The first kappa shape index (κ1) is 17.5. The third kappa shape index (κ3) is 4.10. The first-order valence-electron chi connectivity index (χ1n) is 7.57. The molecule has 0 saturated carbocycles. The van der Waals surface area contributed by atoms with E-state index in [0.717, 1.165) is 16.7 Å². The number of rotatable bonds is 5. The zero-order chi connectivity index (χ0) is 17.9. The number of hydrogen-bond acceptors (Lipinski definition) is 4. The smallest absolute Gasteiger partial charge is 0.311 e. The maximum Gasteiger partial charge on any atom is 0.311 e. The Morgan fingerprint density at radius 1 is 1.12 bits per heavy atom. The molecule has 0 fully saturated rings. The van der Waals surface area contributed by atoms with Crippen molar-refractivity contribution in [2.75, 3.05) is 5.32 Å². The fourth-order valence-electron chi connectivity index (χ4n) is 2.30. The lowest BCUT2D eigenvalue weighted by Gasteiger charge is -2.16. The van der Waals surface area contributed by atoms with E-state index in [1.807, 2.05) is 32.0 Å². The predicted molar refractivity (Wildman–Crippen MR) is 92.5 cm³/mol. The molecular formula is C18H20N2O4. The predicted octanol–water partition coefficient (Wildman–Crippen LogP) is 3.93. The topological polar surface area (TPSA) is 81.5 Å². The van der Waals surface area contributed by atoms with Gasteiger partial charge in [0.2, 0.25) is 0 Å². The monoisotopic (exact) mass is 328 g/mol. The standard InChI is InChI=1S/C18H20N2O4/c1-11-5-7-15(13(3)9-11)19-18(21)14(4)24-17-8-6-12(2)10-16(17)20(22)23/h5-10,14H,1-4H3,(H,19,21). The minimum absolute atomic E-state index is 0.0777. The van der Waals surface area contributed by atoms with E-state index in [1.165, 1.54) is 12.1 Å². The number of carbonyl (C=O) groups is 1. The number of nitro groups is 1. The van der Waals surface area contributed by atoms with E-state index in [1.54, 1.807) is 19.9 Å². The molecule has 0 heterocycles. The number of carbonyl (C=O) groups excluding carboxylic acids is 1. The average Bonchev–Trinajstić information content (AvgIpc) is 2.51. The van der Waals surface area contributed by atoms with Crippen molar-refractivity contribution in [3.8, 4) is 5.75 Å². The summed E-state index contributed by atoms with van der Waals surface area (Å²) in [5, 5.41) is 13.9. The van der Waals surface area contributed by atoms with Gasteiger partial charge in [-0.25, -0.2) is 0 Å². The van der Waals surface area contributed by atoms with E-state index in [-0.39, 0.29) is 17.3 Å². The van der Waals surface area contributed by atoms with Crippen LogP contribution in [0.3, 0.4) is 0 Å². The quantitative estimate of drug-likeness (QED) is 0.666. The molecule has 0 aliphatic rings. The summed E-state index contributed by atoms with van der Waals surface area (Å²) in [5.74, 6) is -0.286. The highest BCUT2D eigenvalue weighted by molar-refractivity contribution is 5.94. The second-order valence-electron chi connectivity index (χ2n) is 5.80. The molecule has 2 rings (SSSR count). The lowest BCUT2D eigenvalue weighted by molar-refractivity contribution is -0.386. The van der Waals surface area contributed by atoms with Crippen LogP contribution < -0.4 is 10.1 Å². The Bertz CT molecular complexity index is 787. The van der Waals surface area contributed by atoms with Crippen LogP contribution in [0.15, 0.2) is 36.4 Å². The summed E-state index contributed by atoms with van der Waals surface area (Å²) in [4.78, 5) is 22.9. The summed E-state index contributed by atoms with van der Waals surface area (Å²) in [7, 11) is 0. The average molecular weight is 328 g/mol. The molecule has 6 nitrogen and oxygen atoms in total. The molecule has 1 atom stereocenters. The number of benzene rings is 2. The van der Waals surface area contributed by atoms with Crippen molar-refractivity contribution in [1.29, 1.82) is 0 Å². The van der Waals surface area contributed by atoms with Gasteiger partial charge >= 0.3 is 5.69 Å². The third-order valence-corrected chi connectivity index (χ3v) is 3.62. The number of ether oxygens (including phenoxy) is 1. The summed E-state index contributed by atoms with van der Waals surface area (Å²) in [6.07, 6.45) is -0.868. The third-order valence-electron chi connectivity index (χ3n) is 3.62. The van der Waals surface area contributed by atoms with Crippen LogP contribution in [0.4, 0.5) is 11.4 Å². The van der Waals surface area contributed by atoms with Gasteiger partial charge in [0.15, 0.2) is 11.9 Å². The van der Waals surface area contributed by atoms with E-state index in [9.17, 15) is 14.9 Å². The molecule has 0 spiro atoms. The molecule has 2 aromatic carbocycles. The Labute approximate surface area is 140 Å². The van der Waals surface area contributed by atoms with E-state index < -0.39 is 11.0 Å². The van der Waals surface area contributed by atoms with Crippen LogP contribution >= 0.6 is 0 Å². The number of amides is 1. The molecule has 0 aromatic heterocycles. The van der Waals surface area contributed by atoms with Crippen molar-refractivity contribution in [3.63, 3.8) is 0 Å². The molecule has 126 valence electrons. The Balaban J connectivity index is 2.13. The molecule has 24 heavy (non-hydrogen) atoms. The minimum atomic E-state index is -0.868. The second kappa shape index (κ2) is 7.12. The van der Waals surface area contributed by atoms with Crippen LogP contribution in [-0.2, 0) is 4.79 Å². The van der Waals surface area contributed by atoms with E-state index in [0.29, 0.717) is 5.69 Å². The van der Waals surface area contributed by atoms with Gasteiger partial charge in [-0.2, -0.15) is 0 Å². The van der Waals surface area contributed by atoms with Crippen molar-refractivity contribution < 1.29 is 14.5 Å². The van der Waals surface area contributed by atoms with Gasteiger partial charge in [0.1, 0.15) is 0 Å². The molecule has 0 bridgehead atoms. The molecule has 0 saturated heterocycles. The molecule has 2 aromatic rings. The number of nitrogens with zero attached hydrogens (tertiary/aromatic N) is 1. The first-order valence-corrected chi connectivity index (χ1v) is 7.57. The Morgan fingerprint density at radius 2 is 1.75 bits per heavy atom. The van der Waals surface area contributed by atoms with Crippen molar-refractivity contribution in [3.05, 3.63) is 63.2 Å². The number of hydrogen-bond donors (Lipinski definition) is 1. The van der Waals surface area contributed by atoms with Crippen molar-refractivity contribution in [1.82, 2.24) is 0 Å². The zero-order valence-corrected chi connectivity index (χ0v) is 14.1. The highest BCUT2D eigenvalue weighted by atomic mass is 16.6. The highest BCUT2D eigenvalue weighted by Crippen LogP contribution is 2.28. The first-order chi connectivity index (χ1) is 11.3. The van der Waals surface area contributed by atoms with Crippen LogP contribution in [0.25, 0.3) is 0 Å². The van der Waals surface area contributed by atoms with Crippen molar-refractivity contribution in [2.24, 2.45) is 0 Å². The summed E-state index contributed by atoms with van der Waals surface area (Å²) in [6, 6.07) is 10.3. The molecule has 0 radical (unpaired) electrons. The van der Waals surface area contributed by atoms with Crippen LogP contribution in [-0.4, -0.2) is 16.9 Å². The van der Waals surface area contributed by atoms with Crippen LogP contribution in [0.2, 0.25) is 0 Å². The van der Waals surface area contributed by atoms with Crippen molar-refractivity contribution >= 4 is 17.3 Å². The maximum absolute atomic E-state index is 12.3. The SMILES string of the molecule is Cc1ccc(NC(=O)C(C)Oc2ccc(C)cc2[N+](=O)[O-])c(C)c1. The minimum Gasteiger partial charge on any atom is -0.474 e. The van der Waals surface area contributed by atoms with Gasteiger partial charge in [-0.15, -0.1) is 0 Å². The Morgan fingerprint density at radius 3 is 2.38 bits per heavy atom. The number of anilines is 1. The van der Waals surface area contributed by atoms with E-state index in [2.05, 4.69) is 5.32 Å². The molecule has 1 amide bonds. The van der Waals surface area contributed by atoms with Gasteiger partial charge in [-0.1, -0.05) is 23.8 Å². The Kier molecular flexibility index (Phi) is 5.18. The summed E-state index contributed by atoms with van der Waals surface area (Å²) in [5.41, 5.74) is 3.34. The number of nitrogens with one attached hydrogen (secondary N) is 1. The normalized spacial score (nSPS) is 11.7. The van der Waals surface area contributed by atoms with Crippen LogP contribution in [0.5, 0.6) is 5.75 Å². The molecule has 0 aliphatic heterocycles. The van der Waals surface area contributed by atoms with Gasteiger partial charge in [-0.3, -0.25) is 14.9 Å². The lowest BCUT2D eigenvalue weighted by atomic mass is 10.1. The van der Waals surface area contributed by atoms with Crippen molar-refractivity contribution in [2.45, 2.75) is 33.8 Å². The maximum atomic E-state index is 12.3. The van der Waals surface area contributed by atoms with Gasteiger partial charge in [0.05, 0.1) is 4.92 Å². The molecular weight excluding hydrogens is 308 g/mol. The fraction of sp³-hybridized carbons (Fsp3) is 0.278. The summed E-state index contributed by atoms with van der Waals surface area (Å²) >= 11 is 0. The van der Waals surface area contributed by atoms with Gasteiger partial charge in [0, 0.05) is 11.8 Å². The van der Waals surface area contributed by atoms with E-state index in [4.69, 9.17) is 4.74 Å². The molecule has 1 unspecified atom stereocenters. The van der Waals surface area contributed by atoms with Gasteiger partial charge in [-0.05, 0) is 51.0 Å². The molecule has 0 aliphatic carbocycles. The molecule has 1 N–H and O–H groups in total. The highest BCUT2D eigenvalue weighted by Gasteiger charge is 2.21. The second-order valence-corrected chi connectivity index (χ2v) is 5.80. The van der Waals surface area contributed by atoms with Gasteiger partial charge < -0.3 is 10.1 Å². The molecule has 6 heteroatoms. The summed E-state index contributed by atoms with van der Waals surface area (Å²) in [6.45, 7) is 7.19. The zero-order valence-electron chi connectivity index (χ0n) is 14.1. The fourth-order valence-corrected chi connectivity index (χ4v) is 2.30. The number of aryl methyl sites for hydroxylation is 3. The largest absolute Gasteiger partial charge is 0.474 e. The van der Waals surface area contributed by atoms with Gasteiger partial charge in [0.25, 0.3) is 5.91 Å². The summed E-state index contributed by atoms with van der Waals surface area (Å²) < 4.78 is 5.51. The number of nitro benzene ring substituents is 1. The lowest BCUT2D eigenvalue weighted by Crippen LogP contribution is -2.30. The Hall–Kier alpha value is -2.89.